The lowest BCUT2D eigenvalue weighted by Crippen LogP contribution is -2.45. The molecule has 2 aliphatic heterocycles. The Bertz CT molecular complexity index is 977. The molecular weight excluding hydrogens is 286 g/mol. The Kier molecular flexibility index (Phi) is 2.41. The number of rotatable bonds is 0. The molecule has 0 aliphatic carbocycles. The van der Waals surface area contributed by atoms with Crippen LogP contribution in [-0.2, 0) is 11.3 Å². The molecule has 2 heterocycles. The summed E-state index contributed by atoms with van der Waals surface area (Å²) in [7, 11) is 0. The van der Waals surface area contributed by atoms with E-state index >= 15 is 0 Å². The Morgan fingerprint density at radius 3 is 2.74 bits per heavy atom. The summed E-state index contributed by atoms with van der Waals surface area (Å²) in [6.07, 6.45) is -0.452. The fraction of sp³-hybridized carbons (Fsp3) is 0.150. The van der Waals surface area contributed by atoms with Gasteiger partial charge in [-0.25, -0.2) is 0 Å². The first-order valence-corrected chi connectivity index (χ1v) is 7.86. The number of hydrogen-bond acceptors (Lipinski definition) is 2. The monoisotopic (exact) mass is 301 g/mol. The third-order valence-electron chi connectivity index (χ3n) is 4.79. The van der Waals surface area contributed by atoms with Crippen LogP contribution in [0.5, 0.6) is 5.75 Å². The number of carbonyl (C=O) groups excluding carboxylic acids is 1. The quantitative estimate of drug-likeness (QED) is 0.624. The van der Waals surface area contributed by atoms with Crippen molar-refractivity contribution < 1.29 is 9.53 Å². The molecule has 0 aromatic heterocycles. The molecule has 3 aromatic rings. The zero-order valence-corrected chi connectivity index (χ0v) is 12.7. The molecular formula is C20H15NO2. The molecule has 0 saturated heterocycles. The van der Waals surface area contributed by atoms with Gasteiger partial charge >= 0.3 is 0 Å². The van der Waals surface area contributed by atoms with E-state index in [1.807, 2.05) is 36.1 Å². The van der Waals surface area contributed by atoms with Crippen LogP contribution in [0.15, 0.2) is 54.6 Å². The van der Waals surface area contributed by atoms with Gasteiger partial charge in [0, 0.05) is 10.9 Å². The molecule has 1 unspecified atom stereocenters. The highest BCUT2D eigenvalue weighted by atomic mass is 16.5. The van der Waals surface area contributed by atoms with E-state index in [2.05, 4.69) is 30.3 Å². The number of hydrogen-bond donors (Lipinski definition) is 0. The van der Waals surface area contributed by atoms with Gasteiger partial charge < -0.3 is 9.64 Å². The highest BCUT2D eigenvalue weighted by molar-refractivity contribution is 6.11. The van der Waals surface area contributed by atoms with Crippen molar-refractivity contribution in [3.63, 3.8) is 0 Å². The van der Waals surface area contributed by atoms with E-state index in [0.29, 0.717) is 6.54 Å². The zero-order chi connectivity index (χ0) is 15.6. The molecule has 0 N–H and O–H groups in total. The van der Waals surface area contributed by atoms with Crippen molar-refractivity contribution in [2.45, 2.75) is 19.6 Å². The van der Waals surface area contributed by atoms with Crippen molar-refractivity contribution in [3.8, 4) is 16.9 Å². The topological polar surface area (TPSA) is 29.5 Å². The van der Waals surface area contributed by atoms with Crippen LogP contribution in [0, 0.1) is 0 Å². The average Bonchev–Trinajstić information content (AvgIpc) is 2.59. The van der Waals surface area contributed by atoms with Gasteiger partial charge in [0.05, 0.1) is 12.2 Å². The molecule has 112 valence electrons. The Morgan fingerprint density at radius 1 is 1.04 bits per heavy atom. The first kappa shape index (κ1) is 12.7. The lowest BCUT2D eigenvalue weighted by molar-refractivity contribution is -0.125. The summed E-state index contributed by atoms with van der Waals surface area (Å²) in [6, 6.07) is 18.7. The Balaban J connectivity index is 1.94. The van der Waals surface area contributed by atoms with Crippen LogP contribution in [0.1, 0.15) is 12.5 Å². The molecule has 0 bridgehead atoms. The summed E-state index contributed by atoms with van der Waals surface area (Å²) in [5, 5.41) is 2.20. The Morgan fingerprint density at radius 2 is 1.83 bits per heavy atom. The number of benzene rings is 3. The highest BCUT2D eigenvalue weighted by Crippen LogP contribution is 2.50. The first-order chi connectivity index (χ1) is 11.2. The van der Waals surface area contributed by atoms with Crippen LogP contribution >= 0.6 is 0 Å². The summed E-state index contributed by atoms with van der Waals surface area (Å²) < 4.78 is 6.03. The van der Waals surface area contributed by atoms with E-state index in [4.69, 9.17) is 4.74 Å². The van der Waals surface area contributed by atoms with E-state index < -0.39 is 6.10 Å². The Hall–Kier alpha value is -2.81. The van der Waals surface area contributed by atoms with Gasteiger partial charge in [0.15, 0.2) is 11.9 Å². The van der Waals surface area contributed by atoms with Crippen LogP contribution in [0.3, 0.4) is 0 Å². The van der Waals surface area contributed by atoms with Gasteiger partial charge in [0.2, 0.25) is 0 Å². The van der Waals surface area contributed by atoms with E-state index in [9.17, 15) is 4.79 Å². The van der Waals surface area contributed by atoms with Crippen molar-refractivity contribution in [1.29, 1.82) is 0 Å². The van der Waals surface area contributed by atoms with Gasteiger partial charge in [-0.2, -0.15) is 0 Å². The maximum Gasteiger partial charge on any atom is 0.268 e. The summed E-state index contributed by atoms with van der Waals surface area (Å²) >= 11 is 0. The smallest absolute Gasteiger partial charge is 0.268 e. The predicted octanol–water partition coefficient (Wildman–Crippen LogP) is 4.13. The van der Waals surface area contributed by atoms with Crippen molar-refractivity contribution in [3.05, 3.63) is 60.2 Å². The minimum atomic E-state index is -0.452. The van der Waals surface area contributed by atoms with Gasteiger partial charge in [-0.1, -0.05) is 48.5 Å². The summed E-state index contributed by atoms with van der Waals surface area (Å²) in [6.45, 7) is 2.44. The fourth-order valence-corrected chi connectivity index (χ4v) is 3.70. The van der Waals surface area contributed by atoms with Crippen molar-refractivity contribution in [2.24, 2.45) is 0 Å². The van der Waals surface area contributed by atoms with E-state index in [-0.39, 0.29) is 5.91 Å². The Labute approximate surface area is 134 Å². The van der Waals surface area contributed by atoms with Gasteiger partial charge in [-0.3, -0.25) is 4.79 Å². The second kappa shape index (κ2) is 4.35. The van der Waals surface area contributed by atoms with Gasteiger partial charge in [-0.05, 0) is 29.5 Å². The maximum atomic E-state index is 12.7. The molecule has 0 spiro atoms. The summed E-state index contributed by atoms with van der Waals surface area (Å²) in [5.41, 5.74) is 4.38. The average molecular weight is 301 g/mol. The molecule has 1 amide bonds. The first-order valence-electron chi connectivity index (χ1n) is 7.86. The third kappa shape index (κ3) is 1.62. The van der Waals surface area contributed by atoms with Crippen molar-refractivity contribution >= 4 is 22.4 Å². The molecule has 0 saturated carbocycles. The SMILES string of the molecule is CC1Oc2c3c(cc4ccccc24)-c2ccccc2CN3C1=O. The number of nitrogens with zero attached hydrogens (tertiary/aromatic N) is 1. The number of anilines is 1. The summed E-state index contributed by atoms with van der Waals surface area (Å²) in [4.78, 5) is 14.5. The molecule has 23 heavy (non-hydrogen) atoms. The highest BCUT2D eigenvalue weighted by Gasteiger charge is 2.37. The standard InChI is InChI=1S/C20H15NO2/c1-12-20(22)21-11-14-7-3-4-8-15(14)17-10-13-6-2-5-9-16(13)19(23-12)18(17)21/h2-10,12H,11H2,1H3. The minimum absolute atomic E-state index is 0.0311. The molecule has 0 fully saturated rings. The van der Waals surface area contributed by atoms with E-state index in [0.717, 1.165) is 27.8 Å². The number of ether oxygens (including phenoxy) is 1. The normalized spacial score (nSPS) is 18.4. The van der Waals surface area contributed by atoms with Crippen LogP contribution in [-0.4, -0.2) is 12.0 Å². The fourth-order valence-electron chi connectivity index (χ4n) is 3.70. The summed E-state index contributed by atoms with van der Waals surface area (Å²) in [5.74, 6) is 0.864. The molecule has 3 nitrogen and oxygen atoms in total. The predicted molar refractivity (Wildman–Crippen MR) is 90.7 cm³/mol. The van der Waals surface area contributed by atoms with Crippen LogP contribution in [0.25, 0.3) is 21.9 Å². The number of carbonyl (C=O) groups is 1. The lowest BCUT2D eigenvalue weighted by atomic mass is 9.89. The van der Waals surface area contributed by atoms with Crippen LogP contribution in [0.2, 0.25) is 0 Å². The molecule has 2 aliphatic rings. The second-order valence-electron chi connectivity index (χ2n) is 6.16. The van der Waals surface area contributed by atoms with E-state index in [1.165, 1.54) is 11.1 Å². The van der Waals surface area contributed by atoms with E-state index in [1.54, 1.807) is 0 Å². The van der Waals surface area contributed by atoms with Crippen LogP contribution < -0.4 is 9.64 Å². The molecule has 0 radical (unpaired) electrons. The molecule has 3 aromatic carbocycles. The third-order valence-corrected chi connectivity index (χ3v) is 4.79. The van der Waals surface area contributed by atoms with Crippen molar-refractivity contribution in [2.75, 3.05) is 4.90 Å². The largest absolute Gasteiger partial charge is 0.478 e. The van der Waals surface area contributed by atoms with Crippen molar-refractivity contribution in [1.82, 2.24) is 0 Å². The molecule has 3 heteroatoms. The lowest BCUT2D eigenvalue weighted by Gasteiger charge is -2.38. The number of fused-ring (bicyclic) bond motifs is 4. The zero-order valence-electron chi connectivity index (χ0n) is 12.7. The maximum absolute atomic E-state index is 12.7. The number of amides is 1. The molecule has 1 atom stereocenters. The van der Waals surface area contributed by atoms with Gasteiger partial charge in [0.25, 0.3) is 5.91 Å². The van der Waals surface area contributed by atoms with Gasteiger partial charge in [0.1, 0.15) is 0 Å². The molecule has 5 rings (SSSR count). The second-order valence-corrected chi connectivity index (χ2v) is 6.16. The minimum Gasteiger partial charge on any atom is -0.478 e. The van der Waals surface area contributed by atoms with Crippen LogP contribution in [0.4, 0.5) is 5.69 Å². The van der Waals surface area contributed by atoms with Gasteiger partial charge in [-0.15, -0.1) is 0 Å².